The topological polar surface area (TPSA) is 30.7 Å². The first-order valence-corrected chi connectivity index (χ1v) is 7.07. The van der Waals surface area contributed by atoms with Crippen LogP contribution in [0.5, 0.6) is 0 Å². The minimum absolute atomic E-state index is 0.564. The van der Waals surface area contributed by atoms with E-state index >= 15 is 0 Å². The van der Waals surface area contributed by atoms with E-state index in [4.69, 9.17) is 11.6 Å². The van der Waals surface area contributed by atoms with E-state index in [0.29, 0.717) is 5.15 Å². The van der Waals surface area contributed by atoms with Crippen LogP contribution in [0, 0.1) is 0 Å². The Labute approximate surface area is 114 Å². The van der Waals surface area contributed by atoms with Crippen molar-refractivity contribution in [2.75, 3.05) is 0 Å². The Balaban J connectivity index is 2.05. The van der Waals surface area contributed by atoms with Crippen LogP contribution in [0.3, 0.4) is 0 Å². The smallest absolute Gasteiger partial charge is 0.140 e. The molecule has 0 unspecified atom stereocenters. The Kier molecular flexibility index (Phi) is 3.06. The number of hydrogen-bond donors (Lipinski definition) is 0. The normalized spacial score (nSPS) is 11.2. The van der Waals surface area contributed by atoms with Crippen LogP contribution in [0.1, 0.15) is 17.8 Å². The van der Waals surface area contributed by atoms with E-state index in [2.05, 4.69) is 27.5 Å². The second-order valence-corrected chi connectivity index (χ2v) is 5.33. The summed E-state index contributed by atoms with van der Waals surface area (Å²) in [6.45, 7) is 3.04. The number of rotatable bonds is 3. The summed E-state index contributed by atoms with van der Waals surface area (Å²) in [5, 5.41) is 3.43. The summed E-state index contributed by atoms with van der Waals surface area (Å²) in [6, 6.07) is 8.20. The molecule has 0 aliphatic rings. The lowest BCUT2D eigenvalue weighted by Crippen LogP contribution is -2.02. The van der Waals surface area contributed by atoms with Crippen LogP contribution < -0.4 is 0 Å². The van der Waals surface area contributed by atoms with Crippen molar-refractivity contribution < 1.29 is 0 Å². The van der Waals surface area contributed by atoms with Crippen LogP contribution in [0.15, 0.2) is 29.6 Å². The van der Waals surface area contributed by atoms with Gasteiger partial charge in [0.05, 0.1) is 17.5 Å². The Bertz CT molecular complexity index is 686. The van der Waals surface area contributed by atoms with Crippen molar-refractivity contribution in [1.29, 1.82) is 0 Å². The predicted molar refractivity (Wildman–Crippen MR) is 75.3 cm³/mol. The fourth-order valence-electron chi connectivity index (χ4n) is 2.12. The number of imidazole rings is 1. The Hall–Kier alpha value is -1.39. The highest BCUT2D eigenvalue weighted by atomic mass is 35.5. The number of fused-ring (bicyclic) bond motifs is 1. The maximum atomic E-state index is 5.85. The van der Waals surface area contributed by atoms with Gasteiger partial charge in [0, 0.05) is 11.9 Å². The van der Waals surface area contributed by atoms with Gasteiger partial charge in [0.15, 0.2) is 0 Å². The molecule has 3 rings (SSSR count). The second-order valence-electron chi connectivity index (χ2n) is 4.00. The molecule has 1 aromatic carbocycles. The monoisotopic (exact) mass is 277 g/mol. The molecular formula is C13H12ClN3S. The van der Waals surface area contributed by atoms with E-state index in [1.807, 2.05) is 23.6 Å². The van der Waals surface area contributed by atoms with E-state index in [-0.39, 0.29) is 0 Å². The predicted octanol–water partition coefficient (Wildman–Crippen LogP) is 3.76. The quantitative estimate of drug-likeness (QED) is 0.730. The zero-order valence-electron chi connectivity index (χ0n) is 9.93. The molecule has 3 aromatic rings. The first kappa shape index (κ1) is 11.7. The lowest BCUT2D eigenvalue weighted by atomic mass is 10.3. The highest BCUT2D eigenvalue weighted by Crippen LogP contribution is 2.21. The lowest BCUT2D eigenvalue weighted by Gasteiger charge is -2.03. The van der Waals surface area contributed by atoms with Crippen LogP contribution in [0.4, 0.5) is 0 Å². The van der Waals surface area contributed by atoms with Crippen LogP contribution in [0.25, 0.3) is 11.0 Å². The number of halogens is 1. The Morgan fingerprint density at radius 1 is 1.28 bits per heavy atom. The third kappa shape index (κ3) is 2.02. The van der Waals surface area contributed by atoms with Crippen molar-refractivity contribution in [3.63, 3.8) is 0 Å². The van der Waals surface area contributed by atoms with Crippen molar-refractivity contribution in [2.24, 2.45) is 0 Å². The molecule has 2 aromatic heterocycles. The molecular weight excluding hydrogens is 266 g/mol. The summed E-state index contributed by atoms with van der Waals surface area (Å²) < 4.78 is 2.23. The SMILES string of the molecule is CCn1c(Cc2nc(Cl)cs2)nc2ccccc21. The maximum Gasteiger partial charge on any atom is 0.140 e. The Morgan fingerprint density at radius 3 is 2.83 bits per heavy atom. The fraction of sp³-hybridized carbons (Fsp3) is 0.231. The van der Waals surface area contributed by atoms with Crippen molar-refractivity contribution in [2.45, 2.75) is 19.9 Å². The van der Waals surface area contributed by atoms with E-state index in [1.54, 1.807) is 11.3 Å². The Morgan fingerprint density at radius 2 is 2.11 bits per heavy atom. The lowest BCUT2D eigenvalue weighted by molar-refractivity contribution is 0.732. The van der Waals surface area contributed by atoms with Crippen molar-refractivity contribution in [3.05, 3.63) is 45.6 Å². The summed E-state index contributed by atoms with van der Waals surface area (Å²) in [6.07, 6.45) is 0.736. The fourth-order valence-corrected chi connectivity index (χ4v) is 3.05. The van der Waals surface area contributed by atoms with Gasteiger partial charge in [0.1, 0.15) is 16.0 Å². The molecule has 0 aliphatic heterocycles. The molecule has 0 bridgehead atoms. The van der Waals surface area contributed by atoms with E-state index in [0.717, 1.165) is 29.3 Å². The van der Waals surface area contributed by atoms with E-state index < -0.39 is 0 Å². The molecule has 0 saturated heterocycles. The van der Waals surface area contributed by atoms with Gasteiger partial charge in [-0.1, -0.05) is 23.7 Å². The molecule has 0 radical (unpaired) electrons. The van der Waals surface area contributed by atoms with Gasteiger partial charge in [-0.05, 0) is 19.1 Å². The number of thiazole rings is 1. The molecule has 0 N–H and O–H groups in total. The maximum absolute atomic E-state index is 5.85. The molecule has 5 heteroatoms. The van der Waals surface area contributed by atoms with E-state index in [1.165, 1.54) is 5.52 Å². The molecule has 0 aliphatic carbocycles. The first-order chi connectivity index (χ1) is 8.78. The zero-order chi connectivity index (χ0) is 12.5. The van der Waals surface area contributed by atoms with Gasteiger partial charge in [-0.2, -0.15) is 0 Å². The highest BCUT2D eigenvalue weighted by Gasteiger charge is 2.11. The van der Waals surface area contributed by atoms with Crippen molar-refractivity contribution >= 4 is 34.0 Å². The summed E-state index contributed by atoms with van der Waals surface area (Å²) >= 11 is 7.43. The van der Waals surface area contributed by atoms with Crippen LogP contribution >= 0.6 is 22.9 Å². The van der Waals surface area contributed by atoms with Crippen LogP contribution in [-0.2, 0) is 13.0 Å². The summed E-state index contributed by atoms with van der Waals surface area (Å²) in [5.41, 5.74) is 2.22. The average Bonchev–Trinajstić information content (AvgIpc) is 2.92. The number of aromatic nitrogens is 3. The van der Waals surface area contributed by atoms with Gasteiger partial charge in [-0.25, -0.2) is 9.97 Å². The standard InChI is InChI=1S/C13H12ClN3S/c1-2-17-10-6-4-3-5-9(10)15-12(17)7-13-16-11(14)8-18-13/h3-6,8H,2,7H2,1H3. The second kappa shape index (κ2) is 4.71. The number of nitrogens with zero attached hydrogens (tertiary/aromatic N) is 3. The first-order valence-electron chi connectivity index (χ1n) is 5.82. The summed E-state index contributed by atoms with van der Waals surface area (Å²) in [7, 11) is 0. The molecule has 0 saturated carbocycles. The molecule has 0 fully saturated rings. The number of benzene rings is 1. The largest absolute Gasteiger partial charge is 0.328 e. The van der Waals surface area contributed by atoms with Gasteiger partial charge in [0.2, 0.25) is 0 Å². The number of aryl methyl sites for hydroxylation is 1. The van der Waals surface area contributed by atoms with Gasteiger partial charge >= 0.3 is 0 Å². The third-order valence-corrected chi connectivity index (χ3v) is 4.05. The van der Waals surface area contributed by atoms with E-state index in [9.17, 15) is 0 Å². The molecule has 18 heavy (non-hydrogen) atoms. The molecule has 2 heterocycles. The molecule has 3 nitrogen and oxygen atoms in total. The number of para-hydroxylation sites is 2. The average molecular weight is 278 g/mol. The van der Waals surface area contributed by atoms with Gasteiger partial charge in [-0.3, -0.25) is 0 Å². The summed E-state index contributed by atoms with van der Waals surface area (Å²) in [4.78, 5) is 8.96. The van der Waals surface area contributed by atoms with Crippen molar-refractivity contribution in [3.8, 4) is 0 Å². The van der Waals surface area contributed by atoms with Crippen molar-refractivity contribution in [1.82, 2.24) is 14.5 Å². The zero-order valence-corrected chi connectivity index (χ0v) is 11.5. The van der Waals surface area contributed by atoms with Gasteiger partial charge in [0.25, 0.3) is 0 Å². The molecule has 0 atom stereocenters. The minimum atomic E-state index is 0.564. The third-order valence-electron chi connectivity index (χ3n) is 2.88. The van der Waals surface area contributed by atoms with Crippen LogP contribution in [0.2, 0.25) is 5.15 Å². The van der Waals surface area contributed by atoms with Gasteiger partial charge < -0.3 is 4.57 Å². The highest BCUT2D eigenvalue weighted by molar-refractivity contribution is 7.10. The van der Waals surface area contributed by atoms with Crippen LogP contribution in [-0.4, -0.2) is 14.5 Å². The minimum Gasteiger partial charge on any atom is -0.328 e. The van der Waals surface area contributed by atoms with Gasteiger partial charge in [-0.15, -0.1) is 11.3 Å². The number of hydrogen-bond acceptors (Lipinski definition) is 3. The summed E-state index contributed by atoms with van der Waals surface area (Å²) in [5.74, 6) is 1.05. The molecule has 0 spiro atoms. The molecule has 0 amide bonds. The molecule has 92 valence electrons.